The predicted molar refractivity (Wildman–Crippen MR) is 115 cm³/mol. The van der Waals surface area contributed by atoms with Crippen LogP contribution in [0, 0.1) is 22.6 Å². The molecule has 3 rings (SSSR count). The summed E-state index contributed by atoms with van der Waals surface area (Å²) >= 11 is 1.22. The van der Waals surface area contributed by atoms with Crippen molar-refractivity contribution in [2.75, 3.05) is 13.1 Å². The van der Waals surface area contributed by atoms with E-state index in [2.05, 4.69) is 40.4 Å². The first-order valence-electron chi connectivity index (χ1n) is 10.4. The number of rotatable bonds is 7. The number of halogens is 3. The maximum absolute atomic E-state index is 13.7. The maximum atomic E-state index is 13.7. The van der Waals surface area contributed by atoms with Crippen LogP contribution in [0.2, 0.25) is 0 Å². The number of thiazole rings is 1. The Kier molecular flexibility index (Phi) is 7.14. The molecule has 0 saturated carbocycles. The summed E-state index contributed by atoms with van der Waals surface area (Å²) in [7, 11) is 0. The highest BCUT2D eigenvalue weighted by Crippen LogP contribution is 2.44. The number of hydrogen-bond donors (Lipinski definition) is 1. The first kappa shape index (κ1) is 24.4. The molecule has 0 unspecified atom stereocenters. The van der Waals surface area contributed by atoms with Gasteiger partial charge in [-0.1, -0.05) is 27.7 Å². The minimum absolute atomic E-state index is 0.0582. The molecule has 6 nitrogen and oxygen atoms in total. The molecule has 0 aliphatic carbocycles. The minimum Gasteiger partial charge on any atom is -0.481 e. The van der Waals surface area contributed by atoms with E-state index in [9.17, 15) is 23.1 Å². The smallest absolute Gasteiger partial charge is 0.388 e. The molecule has 2 aromatic heterocycles. The van der Waals surface area contributed by atoms with Crippen molar-refractivity contribution in [1.29, 1.82) is 0 Å². The normalized spacial score (nSPS) is 22.3. The second kappa shape index (κ2) is 9.35. The fourth-order valence-electron chi connectivity index (χ4n) is 4.15. The van der Waals surface area contributed by atoms with Gasteiger partial charge in [-0.05, 0) is 30.2 Å². The number of carbonyl (C=O) groups is 1. The first-order valence-corrected chi connectivity index (χ1v) is 11.3. The lowest BCUT2D eigenvalue weighted by atomic mass is 9.66. The Balaban J connectivity index is 1.86. The number of nitrogens with zero attached hydrogens (tertiary/aromatic N) is 3. The fourth-order valence-corrected chi connectivity index (χ4v) is 5.12. The molecule has 3 heterocycles. The lowest BCUT2D eigenvalue weighted by Crippen LogP contribution is -2.53. The SMILES string of the molecule is CC[C@@]1(C(=O)O)C[C@@H](C(C)(C)C)CN(Cc2ncc(-c3cc(F)cnc3OC(F)F)s2)C1. The third-order valence-corrected chi connectivity index (χ3v) is 7.21. The van der Waals surface area contributed by atoms with Crippen LogP contribution >= 0.6 is 11.3 Å². The van der Waals surface area contributed by atoms with E-state index in [1.54, 1.807) is 0 Å². The van der Waals surface area contributed by atoms with E-state index in [0.717, 1.165) is 18.8 Å². The molecule has 0 aromatic carbocycles. The Bertz CT molecular complexity index is 963. The van der Waals surface area contributed by atoms with E-state index in [4.69, 9.17) is 0 Å². The number of aliphatic carboxylic acids is 1. The topological polar surface area (TPSA) is 75.5 Å². The third-order valence-electron chi connectivity index (χ3n) is 6.19. The zero-order valence-corrected chi connectivity index (χ0v) is 19.4. The number of pyridine rings is 1. The molecule has 0 amide bonds. The summed E-state index contributed by atoms with van der Waals surface area (Å²) in [5.74, 6) is -1.64. The molecule has 1 N–H and O–H groups in total. The fraction of sp³-hybridized carbons (Fsp3) is 0.591. The Hall–Kier alpha value is -2.20. The number of likely N-dealkylation sites (tertiary alicyclic amines) is 1. The predicted octanol–water partition coefficient (Wildman–Crippen LogP) is 5.29. The molecule has 1 fully saturated rings. The zero-order chi connectivity index (χ0) is 23.7. The average Bonchev–Trinajstić information content (AvgIpc) is 3.16. The summed E-state index contributed by atoms with van der Waals surface area (Å²) in [5, 5.41) is 10.7. The van der Waals surface area contributed by atoms with Crippen LogP contribution in [-0.4, -0.2) is 45.6 Å². The van der Waals surface area contributed by atoms with Crippen LogP contribution < -0.4 is 4.74 Å². The van der Waals surface area contributed by atoms with Crippen molar-refractivity contribution in [2.45, 2.75) is 53.7 Å². The molecule has 0 spiro atoms. The van der Waals surface area contributed by atoms with Crippen LogP contribution in [0.25, 0.3) is 10.4 Å². The molecule has 10 heteroatoms. The van der Waals surface area contributed by atoms with E-state index in [1.807, 2.05) is 6.92 Å². The third kappa shape index (κ3) is 5.40. The molecular weight excluding hydrogens is 443 g/mol. The Morgan fingerprint density at radius 3 is 2.69 bits per heavy atom. The molecule has 1 aliphatic heterocycles. The molecule has 0 radical (unpaired) electrons. The van der Waals surface area contributed by atoms with Gasteiger partial charge in [-0.2, -0.15) is 8.78 Å². The molecule has 1 aliphatic rings. The van der Waals surface area contributed by atoms with Gasteiger partial charge in [0.2, 0.25) is 5.88 Å². The van der Waals surface area contributed by atoms with Gasteiger partial charge in [0.25, 0.3) is 0 Å². The van der Waals surface area contributed by atoms with Crippen LogP contribution in [0.5, 0.6) is 5.88 Å². The van der Waals surface area contributed by atoms with Gasteiger partial charge >= 0.3 is 12.6 Å². The summed E-state index contributed by atoms with van der Waals surface area (Å²) in [5.41, 5.74) is -0.785. The van der Waals surface area contributed by atoms with E-state index in [1.165, 1.54) is 17.5 Å². The number of hydrogen-bond acceptors (Lipinski definition) is 6. The first-order chi connectivity index (χ1) is 14.9. The van der Waals surface area contributed by atoms with Gasteiger partial charge in [-0.15, -0.1) is 11.3 Å². The Morgan fingerprint density at radius 2 is 2.09 bits per heavy atom. The van der Waals surface area contributed by atoms with E-state index in [-0.39, 0.29) is 22.8 Å². The van der Waals surface area contributed by atoms with Crippen LogP contribution in [0.4, 0.5) is 13.2 Å². The largest absolute Gasteiger partial charge is 0.481 e. The number of carboxylic acids is 1. The Morgan fingerprint density at radius 1 is 1.38 bits per heavy atom. The van der Waals surface area contributed by atoms with E-state index < -0.39 is 23.8 Å². The molecule has 176 valence electrons. The van der Waals surface area contributed by atoms with Gasteiger partial charge in [0.05, 0.1) is 28.6 Å². The van der Waals surface area contributed by atoms with Crippen molar-refractivity contribution < 1.29 is 27.8 Å². The van der Waals surface area contributed by atoms with Gasteiger partial charge in [0.15, 0.2) is 0 Å². The molecule has 2 atom stereocenters. The van der Waals surface area contributed by atoms with Gasteiger partial charge in [0.1, 0.15) is 10.8 Å². The monoisotopic (exact) mass is 471 g/mol. The van der Waals surface area contributed by atoms with Crippen molar-refractivity contribution >= 4 is 17.3 Å². The summed E-state index contributed by atoms with van der Waals surface area (Å²) < 4.78 is 43.6. The van der Waals surface area contributed by atoms with Gasteiger partial charge < -0.3 is 9.84 Å². The number of piperidine rings is 1. The Labute approximate surface area is 189 Å². The van der Waals surface area contributed by atoms with Crippen molar-refractivity contribution in [3.8, 4) is 16.3 Å². The second-order valence-electron chi connectivity index (χ2n) is 9.38. The van der Waals surface area contributed by atoms with Crippen LogP contribution in [0.15, 0.2) is 18.5 Å². The number of ether oxygens (including phenoxy) is 1. The lowest BCUT2D eigenvalue weighted by molar-refractivity contribution is -0.156. The standard InChI is InChI=1S/C22H28F3N3O3S/c1-5-22(19(29)30)7-13(21(2,3)4)10-28(12-22)11-17-26-9-16(32-17)15-6-14(23)8-27-18(15)31-20(24)25/h6,8-9,13,20H,5,7,10-12H2,1-4H3,(H,29,30)/t13-,22-/m1/s1. The summed E-state index contributed by atoms with van der Waals surface area (Å²) in [6.07, 6.45) is 3.44. The van der Waals surface area contributed by atoms with E-state index >= 15 is 0 Å². The molecule has 32 heavy (non-hydrogen) atoms. The molecule has 0 bridgehead atoms. The highest BCUT2D eigenvalue weighted by molar-refractivity contribution is 7.15. The second-order valence-corrected chi connectivity index (χ2v) is 10.5. The zero-order valence-electron chi connectivity index (χ0n) is 18.6. The average molecular weight is 472 g/mol. The van der Waals surface area contributed by atoms with E-state index in [0.29, 0.717) is 35.8 Å². The number of carboxylic acid groups (broad SMARTS) is 1. The minimum atomic E-state index is -3.08. The number of aromatic nitrogens is 2. The van der Waals surface area contributed by atoms with Crippen LogP contribution in [0.3, 0.4) is 0 Å². The maximum Gasteiger partial charge on any atom is 0.388 e. The summed E-state index contributed by atoms with van der Waals surface area (Å²) in [6.45, 7) is 6.72. The number of alkyl halides is 2. The van der Waals surface area contributed by atoms with Gasteiger partial charge in [-0.3, -0.25) is 9.69 Å². The lowest BCUT2D eigenvalue weighted by Gasteiger charge is -2.47. The highest BCUT2D eigenvalue weighted by atomic mass is 32.1. The van der Waals surface area contributed by atoms with Gasteiger partial charge in [-0.25, -0.2) is 14.4 Å². The van der Waals surface area contributed by atoms with Crippen LogP contribution in [-0.2, 0) is 11.3 Å². The quantitative estimate of drug-likeness (QED) is 0.591. The van der Waals surface area contributed by atoms with Gasteiger partial charge in [0, 0.05) is 19.3 Å². The van der Waals surface area contributed by atoms with Crippen molar-refractivity contribution in [3.63, 3.8) is 0 Å². The molecule has 1 saturated heterocycles. The molecular formula is C22H28F3N3O3S. The summed E-state index contributed by atoms with van der Waals surface area (Å²) in [6, 6.07) is 1.09. The van der Waals surface area contributed by atoms with Crippen molar-refractivity contribution in [3.05, 3.63) is 29.3 Å². The summed E-state index contributed by atoms with van der Waals surface area (Å²) in [4.78, 5) is 22.7. The van der Waals surface area contributed by atoms with Crippen molar-refractivity contribution in [1.82, 2.24) is 14.9 Å². The van der Waals surface area contributed by atoms with Crippen molar-refractivity contribution in [2.24, 2.45) is 16.7 Å². The molecule has 2 aromatic rings. The highest BCUT2D eigenvalue weighted by Gasteiger charge is 2.47. The van der Waals surface area contributed by atoms with Crippen LogP contribution in [0.1, 0.15) is 45.5 Å².